The van der Waals surface area contributed by atoms with Crippen LogP contribution in [0.2, 0.25) is 0 Å². The van der Waals surface area contributed by atoms with Gasteiger partial charge in [-0.15, -0.1) is 0 Å². The third-order valence-electron chi connectivity index (χ3n) is 6.93. The van der Waals surface area contributed by atoms with Crippen LogP contribution in [-0.4, -0.2) is 48.9 Å². The predicted molar refractivity (Wildman–Crippen MR) is 146 cm³/mol. The third kappa shape index (κ3) is 5.77. The van der Waals surface area contributed by atoms with Crippen LogP contribution in [0.3, 0.4) is 0 Å². The number of unbranched alkanes of at least 4 members (excludes halogenated alkanes) is 1. The van der Waals surface area contributed by atoms with Crippen molar-refractivity contribution in [3.05, 3.63) is 71.8 Å². The highest BCUT2D eigenvalue weighted by molar-refractivity contribution is 6.25. The van der Waals surface area contributed by atoms with Gasteiger partial charge in [0.25, 0.3) is 5.91 Å². The Labute approximate surface area is 218 Å². The summed E-state index contributed by atoms with van der Waals surface area (Å²) in [5, 5.41) is 4.95. The van der Waals surface area contributed by atoms with E-state index in [0.29, 0.717) is 31.6 Å². The predicted octanol–water partition coefficient (Wildman–Crippen LogP) is 4.92. The van der Waals surface area contributed by atoms with Crippen molar-refractivity contribution < 1.29 is 19.1 Å². The van der Waals surface area contributed by atoms with Crippen molar-refractivity contribution in [3.63, 3.8) is 0 Å². The molecule has 0 spiro atoms. The summed E-state index contributed by atoms with van der Waals surface area (Å²) in [6.45, 7) is 5.18. The van der Waals surface area contributed by atoms with Crippen molar-refractivity contribution in [2.45, 2.75) is 52.1 Å². The largest absolute Gasteiger partial charge is 0.497 e. The lowest BCUT2D eigenvalue weighted by molar-refractivity contribution is -0.140. The van der Waals surface area contributed by atoms with Gasteiger partial charge < -0.3 is 19.9 Å². The SMILES string of the molecule is CCCCNC(=O)C(C)N(Cc1ccc(OC)cc1)C(=O)CCCN1C(=O)c2cccc3cccc1c23. The Morgan fingerprint density at radius 1 is 1.03 bits per heavy atom. The van der Waals surface area contributed by atoms with E-state index in [0.717, 1.165) is 40.6 Å². The normalized spacial score (nSPS) is 13.1. The Morgan fingerprint density at radius 2 is 1.76 bits per heavy atom. The van der Waals surface area contributed by atoms with E-state index in [2.05, 4.69) is 12.2 Å². The Hall–Kier alpha value is -3.87. The van der Waals surface area contributed by atoms with Gasteiger partial charge in [-0.2, -0.15) is 0 Å². The van der Waals surface area contributed by atoms with E-state index in [1.54, 1.807) is 23.8 Å². The molecule has 7 heteroatoms. The number of carbonyl (C=O) groups excluding carboxylic acids is 3. The molecule has 0 saturated carbocycles. The highest BCUT2D eigenvalue weighted by Crippen LogP contribution is 2.37. The molecule has 0 aromatic heterocycles. The fourth-order valence-corrected chi connectivity index (χ4v) is 4.78. The van der Waals surface area contributed by atoms with Crippen molar-refractivity contribution in [2.75, 3.05) is 25.1 Å². The first-order valence-electron chi connectivity index (χ1n) is 13.0. The molecule has 0 fully saturated rings. The molecule has 7 nitrogen and oxygen atoms in total. The minimum absolute atomic E-state index is 0.0296. The number of anilines is 1. The van der Waals surface area contributed by atoms with E-state index in [9.17, 15) is 14.4 Å². The molecule has 1 atom stereocenters. The van der Waals surface area contributed by atoms with Gasteiger partial charge in [0, 0.05) is 37.0 Å². The van der Waals surface area contributed by atoms with Gasteiger partial charge in [-0.3, -0.25) is 14.4 Å². The highest BCUT2D eigenvalue weighted by atomic mass is 16.5. The van der Waals surface area contributed by atoms with Crippen molar-refractivity contribution in [1.29, 1.82) is 0 Å². The molecule has 3 aromatic carbocycles. The molecule has 37 heavy (non-hydrogen) atoms. The number of ether oxygens (including phenoxy) is 1. The maximum Gasteiger partial charge on any atom is 0.258 e. The van der Waals surface area contributed by atoms with Crippen LogP contribution in [0.25, 0.3) is 10.8 Å². The molecule has 4 rings (SSSR count). The number of hydrogen-bond donors (Lipinski definition) is 1. The zero-order chi connectivity index (χ0) is 26.4. The van der Waals surface area contributed by atoms with E-state index >= 15 is 0 Å². The zero-order valence-electron chi connectivity index (χ0n) is 21.8. The molecule has 1 N–H and O–H groups in total. The van der Waals surface area contributed by atoms with E-state index in [4.69, 9.17) is 4.74 Å². The van der Waals surface area contributed by atoms with Crippen LogP contribution in [0, 0.1) is 0 Å². The number of methoxy groups -OCH3 is 1. The quantitative estimate of drug-likeness (QED) is 0.357. The summed E-state index contributed by atoms with van der Waals surface area (Å²) < 4.78 is 5.24. The molecular weight excluding hydrogens is 466 g/mol. The first-order valence-corrected chi connectivity index (χ1v) is 13.0. The Bertz CT molecular complexity index is 1270. The smallest absolute Gasteiger partial charge is 0.258 e. The minimum Gasteiger partial charge on any atom is -0.497 e. The summed E-state index contributed by atoms with van der Waals surface area (Å²) in [7, 11) is 1.61. The second-order valence-corrected chi connectivity index (χ2v) is 9.43. The summed E-state index contributed by atoms with van der Waals surface area (Å²) >= 11 is 0. The molecule has 1 unspecified atom stereocenters. The number of carbonyl (C=O) groups is 3. The molecule has 0 radical (unpaired) electrons. The van der Waals surface area contributed by atoms with Crippen LogP contribution in [0.1, 0.15) is 55.5 Å². The topological polar surface area (TPSA) is 79.0 Å². The van der Waals surface area contributed by atoms with Crippen LogP contribution in [0.5, 0.6) is 5.75 Å². The van der Waals surface area contributed by atoms with Crippen LogP contribution in [0.15, 0.2) is 60.7 Å². The fraction of sp³-hybridized carbons (Fsp3) is 0.367. The van der Waals surface area contributed by atoms with E-state index in [1.807, 2.05) is 60.7 Å². The molecular formula is C30H35N3O4. The third-order valence-corrected chi connectivity index (χ3v) is 6.93. The molecule has 1 heterocycles. The van der Waals surface area contributed by atoms with Crippen LogP contribution >= 0.6 is 0 Å². The molecule has 3 aromatic rings. The second-order valence-electron chi connectivity index (χ2n) is 9.43. The highest BCUT2D eigenvalue weighted by Gasteiger charge is 2.30. The first kappa shape index (κ1) is 26.2. The average Bonchev–Trinajstić information content (AvgIpc) is 3.19. The summed E-state index contributed by atoms with van der Waals surface area (Å²) in [6.07, 6.45) is 2.61. The molecule has 194 valence electrons. The van der Waals surface area contributed by atoms with Crippen LogP contribution in [-0.2, 0) is 16.1 Å². The summed E-state index contributed by atoms with van der Waals surface area (Å²) in [5.74, 6) is 0.430. The number of nitrogens with one attached hydrogen (secondary N) is 1. The van der Waals surface area contributed by atoms with Gasteiger partial charge in [-0.1, -0.05) is 49.7 Å². The van der Waals surface area contributed by atoms with E-state index in [1.165, 1.54) is 0 Å². The van der Waals surface area contributed by atoms with Crippen LogP contribution in [0.4, 0.5) is 5.69 Å². The van der Waals surface area contributed by atoms with Gasteiger partial charge in [0.1, 0.15) is 11.8 Å². The Kier molecular flexibility index (Phi) is 8.43. The van der Waals surface area contributed by atoms with Gasteiger partial charge in [0.05, 0.1) is 12.8 Å². The molecule has 0 bridgehead atoms. The monoisotopic (exact) mass is 501 g/mol. The van der Waals surface area contributed by atoms with E-state index in [-0.39, 0.29) is 24.1 Å². The number of nitrogens with zero attached hydrogens (tertiary/aromatic N) is 2. The average molecular weight is 502 g/mol. The lowest BCUT2D eigenvalue weighted by atomic mass is 10.1. The van der Waals surface area contributed by atoms with Crippen molar-refractivity contribution in [3.8, 4) is 5.75 Å². The van der Waals surface area contributed by atoms with Gasteiger partial charge in [-0.05, 0) is 55.0 Å². The summed E-state index contributed by atoms with van der Waals surface area (Å²) in [5.41, 5.74) is 2.52. The number of benzene rings is 3. The fourth-order valence-electron chi connectivity index (χ4n) is 4.78. The standard InChI is InChI=1S/C30H35N3O4/c1-4-5-18-31-29(35)21(2)33(20-22-14-16-24(37-3)17-15-22)27(34)13-8-19-32-26-12-7-10-23-9-6-11-25(28(23)26)30(32)36/h6-7,9-12,14-17,21H,4-5,8,13,18-20H2,1-3H3,(H,31,35). The van der Waals surface area contributed by atoms with Gasteiger partial charge in [-0.25, -0.2) is 0 Å². The van der Waals surface area contributed by atoms with Gasteiger partial charge in [0.15, 0.2) is 0 Å². The van der Waals surface area contributed by atoms with Crippen molar-refractivity contribution >= 4 is 34.2 Å². The molecule has 0 aliphatic carbocycles. The lowest BCUT2D eigenvalue weighted by Gasteiger charge is -2.29. The van der Waals surface area contributed by atoms with Crippen molar-refractivity contribution in [2.24, 2.45) is 0 Å². The maximum atomic E-state index is 13.4. The van der Waals surface area contributed by atoms with Gasteiger partial charge in [0.2, 0.25) is 11.8 Å². The lowest BCUT2D eigenvalue weighted by Crippen LogP contribution is -2.47. The second kappa shape index (κ2) is 11.9. The number of hydrogen-bond acceptors (Lipinski definition) is 4. The van der Waals surface area contributed by atoms with Crippen LogP contribution < -0.4 is 15.0 Å². The first-order chi connectivity index (χ1) is 17.9. The Balaban J connectivity index is 1.44. The van der Waals surface area contributed by atoms with Crippen molar-refractivity contribution in [1.82, 2.24) is 10.2 Å². The molecule has 0 saturated heterocycles. The maximum absolute atomic E-state index is 13.4. The number of amides is 3. The minimum atomic E-state index is -0.613. The zero-order valence-corrected chi connectivity index (χ0v) is 21.8. The van der Waals surface area contributed by atoms with E-state index < -0.39 is 6.04 Å². The molecule has 3 amide bonds. The summed E-state index contributed by atoms with van der Waals surface area (Å²) in [6, 6.07) is 18.6. The van der Waals surface area contributed by atoms with Gasteiger partial charge >= 0.3 is 0 Å². The molecule has 1 aliphatic heterocycles. The summed E-state index contributed by atoms with van der Waals surface area (Å²) in [4.78, 5) is 42.7. The molecule has 1 aliphatic rings. The number of rotatable bonds is 12. The Morgan fingerprint density at radius 3 is 2.46 bits per heavy atom.